The molecule has 0 amide bonds. The molecule has 0 heterocycles. The van der Waals surface area contributed by atoms with Crippen LogP contribution in [0.25, 0.3) is 5.73 Å². The van der Waals surface area contributed by atoms with Gasteiger partial charge in [0.25, 0.3) is 0 Å². The van der Waals surface area contributed by atoms with E-state index >= 15 is 0 Å². The van der Waals surface area contributed by atoms with Crippen molar-refractivity contribution in [3.8, 4) is 0 Å². The molecule has 0 radical (unpaired) electrons. The zero-order chi connectivity index (χ0) is 18.0. The van der Waals surface area contributed by atoms with E-state index < -0.39 is 0 Å². The molecule has 0 bridgehead atoms. The van der Waals surface area contributed by atoms with Gasteiger partial charge in [0.1, 0.15) is 0 Å². The normalized spacial score (nSPS) is 16.5. The Morgan fingerprint density at radius 3 is 2.19 bits per heavy atom. The molecule has 0 saturated heterocycles. The number of hydrogen-bond donors (Lipinski definition) is 0. The predicted molar refractivity (Wildman–Crippen MR) is 108 cm³/mol. The summed E-state index contributed by atoms with van der Waals surface area (Å²) in [5, 5.41) is 0. The van der Waals surface area contributed by atoms with E-state index in [1.165, 1.54) is 87.2 Å². The summed E-state index contributed by atoms with van der Waals surface area (Å²) in [6, 6.07) is 0. The maximum absolute atomic E-state index is 7.00. The van der Waals surface area contributed by atoms with Gasteiger partial charge >= 0.3 is 29.9 Å². The number of unbranched alkanes of at least 4 members (excludes halogenated alkanes) is 6. The third-order valence-electron chi connectivity index (χ3n) is 4.67. The molecule has 1 N–H and O–H groups in total. The fourth-order valence-electron chi connectivity index (χ4n) is 3.23. The third kappa shape index (κ3) is 18.3. The van der Waals surface area contributed by atoms with Crippen LogP contribution in [0.15, 0.2) is 23.8 Å². The molecule has 0 aromatic rings. The summed E-state index contributed by atoms with van der Waals surface area (Å²) >= 11 is 1.33. The molecule has 2 rings (SSSR count). The number of hydrogen-bond acceptors (Lipinski definition) is 0. The molecule has 152 valence electrons. The van der Waals surface area contributed by atoms with Crippen LogP contribution in [0.5, 0.6) is 0 Å². The van der Waals surface area contributed by atoms with Gasteiger partial charge in [-0.1, -0.05) is 71.6 Å². The van der Waals surface area contributed by atoms with Gasteiger partial charge in [-0.15, -0.1) is 18.6 Å². The Bertz CT molecular complexity index is 349. The number of fused-ring (bicyclic) bond motifs is 1. The number of rotatable bonds is 9. The monoisotopic (exact) mass is 583 g/mol. The van der Waals surface area contributed by atoms with Gasteiger partial charge in [0.05, 0.1) is 0 Å². The summed E-state index contributed by atoms with van der Waals surface area (Å²) in [6.45, 7) is 7.22. The van der Waals surface area contributed by atoms with Crippen molar-refractivity contribution in [2.75, 3.05) is 6.54 Å². The molecule has 0 aromatic heterocycles. The second-order valence-corrected chi connectivity index (χ2v) is 7.22. The molecule has 0 aromatic carbocycles. The molecule has 5 heteroatoms. The van der Waals surface area contributed by atoms with Crippen LogP contribution in [0.2, 0.25) is 0 Å². The van der Waals surface area contributed by atoms with Gasteiger partial charge in [0.2, 0.25) is 0 Å². The summed E-state index contributed by atoms with van der Waals surface area (Å²) in [6.07, 6.45) is 23.8. The van der Waals surface area contributed by atoms with Crippen LogP contribution in [0.4, 0.5) is 0 Å². The summed E-state index contributed by atoms with van der Waals surface area (Å²) in [7, 11) is 0. The topological polar surface area (TPSA) is 23.8 Å². The van der Waals surface area contributed by atoms with E-state index in [1.807, 2.05) is 6.94 Å². The van der Waals surface area contributed by atoms with Crippen molar-refractivity contribution in [1.29, 1.82) is 0 Å². The number of halogens is 2. The van der Waals surface area contributed by atoms with Crippen molar-refractivity contribution in [3.63, 3.8) is 0 Å². The Morgan fingerprint density at radius 1 is 1.08 bits per heavy atom. The van der Waals surface area contributed by atoms with E-state index in [4.69, 9.17) is 5.73 Å². The van der Waals surface area contributed by atoms with Crippen LogP contribution in [-0.2, 0) is 23.0 Å². The molecule has 1 fully saturated rings. The Kier molecular flexibility index (Phi) is 29.2. The van der Waals surface area contributed by atoms with Crippen molar-refractivity contribution in [1.82, 2.24) is 0 Å². The average molecular weight is 583 g/mol. The van der Waals surface area contributed by atoms with E-state index in [2.05, 4.69) is 38.5 Å². The van der Waals surface area contributed by atoms with E-state index in [1.54, 1.807) is 5.57 Å². The number of allylic oxidation sites excluding steroid dienone is 4. The molecular weight excluding hydrogens is 544 g/mol. The van der Waals surface area contributed by atoms with E-state index in [0.29, 0.717) is 6.54 Å². The Balaban J connectivity index is -0.000000357. The van der Waals surface area contributed by atoms with Crippen LogP contribution < -0.4 is 24.8 Å². The first kappa shape index (κ1) is 31.7. The van der Waals surface area contributed by atoms with Crippen molar-refractivity contribution < 1.29 is 47.8 Å². The average Bonchev–Trinajstić information content (AvgIpc) is 3.08. The summed E-state index contributed by atoms with van der Waals surface area (Å²) in [5.74, 6) is 1.76. The van der Waals surface area contributed by atoms with Crippen LogP contribution in [0.1, 0.15) is 84.5 Å². The van der Waals surface area contributed by atoms with Gasteiger partial charge in [-0.25, -0.2) is 18.1 Å². The van der Waals surface area contributed by atoms with Crippen molar-refractivity contribution in [2.24, 2.45) is 11.8 Å². The molecule has 2 aliphatic carbocycles. The molecule has 0 spiro atoms. The predicted octanol–water partition coefficient (Wildman–Crippen LogP) is 0.392. The van der Waals surface area contributed by atoms with Crippen molar-refractivity contribution in [2.45, 2.75) is 84.5 Å². The molecular formula is C21H39Cl2HfNSi-2. The first-order valence-corrected chi connectivity index (χ1v) is 18.3. The fourth-order valence-corrected chi connectivity index (χ4v) is 3.23. The third-order valence-corrected chi connectivity index (χ3v) is 4.67. The quantitative estimate of drug-likeness (QED) is 0.214. The summed E-state index contributed by atoms with van der Waals surface area (Å²) in [5.41, 5.74) is 8.58. The minimum absolute atomic E-state index is 0. The molecule has 2 aliphatic rings. The van der Waals surface area contributed by atoms with E-state index in [-0.39, 0.29) is 24.8 Å². The zero-order valence-electron chi connectivity index (χ0n) is 16.9. The molecule has 1 saturated carbocycles. The second kappa shape index (κ2) is 24.0. The van der Waals surface area contributed by atoms with Crippen LogP contribution in [0.3, 0.4) is 0 Å². The summed E-state index contributed by atoms with van der Waals surface area (Å²) < 4.78 is 0. The van der Waals surface area contributed by atoms with Crippen molar-refractivity contribution >= 4 is 6.94 Å². The number of nitrogens with one attached hydrogen (secondary N) is 1. The van der Waals surface area contributed by atoms with E-state index in [9.17, 15) is 0 Å². The Labute approximate surface area is 192 Å². The second-order valence-electron chi connectivity index (χ2n) is 7.22. The van der Waals surface area contributed by atoms with Crippen LogP contribution in [-0.4, -0.2) is 13.5 Å². The first-order chi connectivity index (χ1) is 11.7. The van der Waals surface area contributed by atoms with Gasteiger partial charge in [0.15, 0.2) is 0 Å². The van der Waals surface area contributed by atoms with Gasteiger partial charge < -0.3 is 30.5 Å². The molecule has 1 atom stereocenters. The SMILES string of the molecule is C1=CCC2CC[CH-]C2=C1.CC(C)CCCCCCCCC[NH-].[Cl-].[Cl-].[SiH2]=[Hf+2]. The maximum atomic E-state index is 7.00. The van der Waals surface area contributed by atoms with Gasteiger partial charge in [-0.3, -0.25) is 0 Å². The standard InChI is InChI=1S/C12H26N.C9H11.2ClH.Hf.H2Si/c1-12(2)10-8-6-4-3-5-7-9-11-13;1-2-5-9-7-3-6-8(9)4-1;;;;/h12-13H,3-11H2,1-2H3;1-2,4,6,9H,3,5,7H2;2*1H;;1H2/q2*-1;;;+2;/p-2. The Morgan fingerprint density at radius 2 is 1.65 bits per heavy atom. The molecule has 26 heavy (non-hydrogen) atoms. The fraction of sp³-hybridized carbons (Fsp3) is 0.762. The van der Waals surface area contributed by atoms with Crippen LogP contribution in [0, 0.1) is 18.3 Å². The Hall–Kier alpha value is 0.977. The van der Waals surface area contributed by atoms with Crippen molar-refractivity contribution in [3.05, 3.63) is 36.0 Å². The molecule has 0 aliphatic heterocycles. The van der Waals surface area contributed by atoms with Gasteiger partial charge in [0, 0.05) is 0 Å². The molecule has 1 nitrogen and oxygen atoms in total. The van der Waals surface area contributed by atoms with Gasteiger partial charge in [-0.05, 0) is 18.3 Å². The summed E-state index contributed by atoms with van der Waals surface area (Å²) in [4.78, 5) is 0. The minimum atomic E-state index is 0. The molecule has 1 unspecified atom stereocenters. The zero-order valence-corrected chi connectivity index (χ0v) is 23.4. The van der Waals surface area contributed by atoms with Crippen LogP contribution >= 0.6 is 0 Å². The van der Waals surface area contributed by atoms with E-state index in [0.717, 1.165) is 18.3 Å². The first-order valence-electron chi connectivity index (χ1n) is 9.94. The van der Waals surface area contributed by atoms with Gasteiger partial charge in [-0.2, -0.15) is 6.54 Å².